The summed E-state index contributed by atoms with van der Waals surface area (Å²) in [6.45, 7) is 10.3. The van der Waals surface area contributed by atoms with Gasteiger partial charge in [0.25, 0.3) is 0 Å². The highest BCUT2D eigenvalue weighted by molar-refractivity contribution is 5.80. The Hall–Kier alpha value is -0.370. The van der Waals surface area contributed by atoms with Crippen molar-refractivity contribution < 1.29 is 9.53 Å². The van der Waals surface area contributed by atoms with Crippen molar-refractivity contribution in [1.29, 1.82) is 0 Å². The van der Waals surface area contributed by atoms with Gasteiger partial charge in [0.2, 0.25) is 0 Å². The topological polar surface area (TPSA) is 26.3 Å². The zero-order valence-corrected chi connectivity index (χ0v) is 8.81. The molecule has 0 rings (SSSR count). The summed E-state index contributed by atoms with van der Waals surface area (Å²) in [7, 11) is 0. The number of hydrogen-bond acceptors (Lipinski definition) is 2. The zero-order valence-electron chi connectivity index (χ0n) is 8.81. The summed E-state index contributed by atoms with van der Waals surface area (Å²) in [5.74, 6) is 0.313. The normalized spacial score (nSPS) is 14.4. The Morgan fingerprint density at radius 2 is 1.92 bits per heavy atom. The Kier molecular flexibility index (Phi) is 4.46. The van der Waals surface area contributed by atoms with Crippen LogP contribution >= 0.6 is 0 Å². The fraction of sp³-hybridized carbons (Fsp3) is 0.900. The summed E-state index contributed by atoms with van der Waals surface area (Å²) < 4.78 is 5.49. The number of rotatable bonds is 4. The minimum atomic E-state index is -0.137. The molecule has 0 saturated heterocycles. The maximum atomic E-state index is 11.1. The summed E-state index contributed by atoms with van der Waals surface area (Å²) in [5.41, 5.74) is -0.137. The predicted octanol–water partition coefficient (Wildman–Crippen LogP) is 2.42. The third kappa shape index (κ3) is 5.30. The lowest BCUT2D eigenvalue weighted by molar-refractivity contribution is -0.125. The summed E-state index contributed by atoms with van der Waals surface area (Å²) in [6, 6.07) is 0. The molecule has 1 atom stereocenters. The number of hydrogen-bond donors (Lipinski definition) is 0. The summed E-state index contributed by atoms with van der Waals surface area (Å²) in [4.78, 5) is 11.1. The Labute approximate surface area is 75.3 Å². The lowest BCUT2D eigenvalue weighted by atomic mass is 10.1. The van der Waals surface area contributed by atoms with E-state index in [0.717, 1.165) is 0 Å². The Morgan fingerprint density at radius 1 is 1.42 bits per heavy atom. The number of carbonyl (C=O) groups is 1. The molecule has 0 aromatic carbocycles. The van der Waals surface area contributed by atoms with Gasteiger partial charge in [-0.1, -0.05) is 13.8 Å². The first-order valence-corrected chi connectivity index (χ1v) is 4.53. The molecule has 0 bridgehead atoms. The Balaban J connectivity index is 3.72. The van der Waals surface area contributed by atoms with Crippen molar-refractivity contribution in [3.05, 3.63) is 0 Å². The third-order valence-corrected chi connectivity index (χ3v) is 1.66. The molecule has 0 unspecified atom stereocenters. The van der Waals surface area contributed by atoms with Gasteiger partial charge in [0.15, 0.2) is 0 Å². The average molecular weight is 172 g/mol. The number of ketones is 1. The monoisotopic (exact) mass is 172 g/mol. The molecule has 0 saturated carbocycles. The Bertz CT molecular complexity index is 144. The standard InChI is InChI=1S/C10H20O2/c1-6-9(11)8(2)7-12-10(3,4)5/h8H,6-7H2,1-5H3/t8-/m0/s1. The van der Waals surface area contributed by atoms with E-state index >= 15 is 0 Å². The molecule has 0 N–H and O–H groups in total. The fourth-order valence-electron chi connectivity index (χ4n) is 0.816. The van der Waals surface area contributed by atoms with Crippen LogP contribution in [0.5, 0.6) is 0 Å². The van der Waals surface area contributed by atoms with Crippen molar-refractivity contribution in [1.82, 2.24) is 0 Å². The highest BCUT2D eigenvalue weighted by atomic mass is 16.5. The van der Waals surface area contributed by atoms with E-state index in [1.54, 1.807) is 0 Å². The highest BCUT2D eigenvalue weighted by Gasteiger charge is 2.15. The van der Waals surface area contributed by atoms with Crippen molar-refractivity contribution in [2.24, 2.45) is 5.92 Å². The second-order valence-electron chi connectivity index (χ2n) is 4.14. The molecule has 2 heteroatoms. The summed E-state index contributed by atoms with van der Waals surface area (Å²) in [6.07, 6.45) is 0.606. The maximum absolute atomic E-state index is 11.1. The second kappa shape index (κ2) is 4.61. The first kappa shape index (κ1) is 11.6. The van der Waals surface area contributed by atoms with Gasteiger partial charge in [0.05, 0.1) is 12.2 Å². The summed E-state index contributed by atoms with van der Waals surface area (Å²) >= 11 is 0. The van der Waals surface area contributed by atoms with Crippen molar-refractivity contribution in [3.63, 3.8) is 0 Å². The molecule has 0 spiro atoms. The van der Waals surface area contributed by atoms with Gasteiger partial charge in [-0.2, -0.15) is 0 Å². The minimum Gasteiger partial charge on any atom is -0.375 e. The van der Waals surface area contributed by atoms with Gasteiger partial charge in [-0.25, -0.2) is 0 Å². The molecule has 2 nitrogen and oxygen atoms in total. The molecule has 0 aromatic rings. The van der Waals surface area contributed by atoms with E-state index < -0.39 is 0 Å². The Morgan fingerprint density at radius 3 is 2.25 bits per heavy atom. The molecule has 72 valence electrons. The van der Waals surface area contributed by atoms with Crippen molar-refractivity contribution in [2.45, 2.75) is 46.6 Å². The van der Waals surface area contributed by atoms with Crippen LogP contribution < -0.4 is 0 Å². The van der Waals surface area contributed by atoms with Crippen LogP contribution in [0.3, 0.4) is 0 Å². The minimum absolute atomic E-state index is 0.0363. The highest BCUT2D eigenvalue weighted by Crippen LogP contribution is 2.10. The van der Waals surface area contributed by atoms with E-state index in [2.05, 4.69) is 0 Å². The van der Waals surface area contributed by atoms with Crippen LogP contribution in [0, 0.1) is 5.92 Å². The van der Waals surface area contributed by atoms with E-state index in [9.17, 15) is 4.79 Å². The molecule has 0 aliphatic carbocycles. The third-order valence-electron chi connectivity index (χ3n) is 1.66. The molecule has 0 aliphatic heterocycles. The second-order valence-corrected chi connectivity index (χ2v) is 4.14. The van der Waals surface area contributed by atoms with E-state index in [1.807, 2.05) is 34.6 Å². The van der Waals surface area contributed by atoms with Crippen LogP contribution in [0.4, 0.5) is 0 Å². The molecule has 0 heterocycles. The molecule has 12 heavy (non-hydrogen) atoms. The number of Topliss-reactive ketones (excluding diaryl/α,β-unsaturated/α-hetero) is 1. The van der Waals surface area contributed by atoms with Gasteiger partial charge >= 0.3 is 0 Å². The van der Waals surface area contributed by atoms with E-state index in [-0.39, 0.29) is 17.3 Å². The first-order chi connectivity index (χ1) is 5.37. The first-order valence-electron chi connectivity index (χ1n) is 4.53. The molecule has 0 fully saturated rings. The van der Waals surface area contributed by atoms with Crippen LogP contribution in [-0.4, -0.2) is 18.0 Å². The van der Waals surface area contributed by atoms with Crippen LogP contribution in [0.25, 0.3) is 0 Å². The SMILES string of the molecule is CCC(=O)[C@@H](C)COC(C)(C)C. The van der Waals surface area contributed by atoms with Crippen molar-refractivity contribution >= 4 is 5.78 Å². The summed E-state index contributed by atoms with van der Waals surface area (Å²) in [5, 5.41) is 0. The molecule has 0 amide bonds. The van der Waals surface area contributed by atoms with Crippen LogP contribution in [0.2, 0.25) is 0 Å². The molecule has 0 aliphatic rings. The van der Waals surface area contributed by atoms with Crippen molar-refractivity contribution in [2.75, 3.05) is 6.61 Å². The zero-order chi connectivity index (χ0) is 9.78. The molecule has 0 radical (unpaired) electrons. The lowest BCUT2D eigenvalue weighted by Crippen LogP contribution is -2.25. The van der Waals surface area contributed by atoms with Gasteiger partial charge in [-0.3, -0.25) is 4.79 Å². The van der Waals surface area contributed by atoms with E-state index in [4.69, 9.17) is 4.74 Å². The number of ether oxygens (including phenoxy) is 1. The van der Waals surface area contributed by atoms with Crippen LogP contribution in [0.1, 0.15) is 41.0 Å². The van der Waals surface area contributed by atoms with E-state index in [0.29, 0.717) is 13.0 Å². The fourth-order valence-corrected chi connectivity index (χ4v) is 0.816. The largest absolute Gasteiger partial charge is 0.375 e. The molecular weight excluding hydrogens is 152 g/mol. The van der Waals surface area contributed by atoms with Gasteiger partial charge in [-0.05, 0) is 20.8 Å². The quantitative estimate of drug-likeness (QED) is 0.651. The lowest BCUT2D eigenvalue weighted by Gasteiger charge is -2.21. The van der Waals surface area contributed by atoms with E-state index in [1.165, 1.54) is 0 Å². The van der Waals surface area contributed by atoms with Crippen LogP contribution in [0.15, 0.2) is 0 Å². The van der Waals surface area contributed by atoms with Gasteiger partial charge < -0.3 is 4.74 Å². The van der Waals surface area contributed by atoms with Gasteiger partial charge in [0, 0.05) is 12.3 Å². The predicted molar refractivity (Wildman–Crippen MR) is 50.2 cm³/mol. The average Bonchev–Trinajstić information content (AvgIpc) is 1.97. The molecular formula is C10H20O2. The maximum Gasteiger partial charge on any atom is 0.137 e. The van der Waals surface area contributed by atoms with Gasteiger partial charge in [0.1, 0.15) is 5.78 Å². The molecule has 0 aromatic heterocycles. The smallest absolute Gasteiger partial charge is 0.137 e. The van der Waals surface area contributed by atoms with Crippen LogP contribution in [-0.2, 0) is 9.53 Å². The number of carbonyl (C=O) groups excluding carboxylic acids is 1. The van der Waals surface area contributed by atoms with Crippen molar-refractivity contribution in [3.8, 4) is 0 Å². The van der Waals surface area contributed by atoms with Gasteiger partial charge in [-0.15, -0.1) is 0 Å².